The largest absolute Gasteiger partial charge is 0.508 e. The van der Waals surface area contributed by atoms with Crippen molar-refractivity contribution in [1.82, 2.24) is 9.97 Å². The maximum Gasteiger partial charge on any atom is 0.341 e. The number of H-pyrrole nitrogens is 2. The number of aromatic nitrogens is 2. The van der Waals surface area contributed by atoms with Crippen molar-refractivity contribution in [3.05, 3.63) is 139 Å². The van der Waals surface area contributed by atoms with Crippen LogP contribution in [0, 0.1) is 0 Å². The van der Waals surface area contributed by atoms with Gasteiger partial charge in [0.15, 0.2) is 0 Å². The molecule has 0 aliphatic carbocycles. The number of amides is 1. The van der Waals surface area contributed by atoms with Gasteiger partial charge in [-0.1, -0.05) is 122 Å². The van der Waals surface area contributed by atoms with Crippen LogP contribution >= 0.6 is 0 Å². The number of aromatic hydroxyl groups is 2. The fourth-order valence-electron chi connectivity index (χ4n) is 6.10. The van der Waals surface area contributed by atoms with E-state index in [1.54, 1.807) is 77.1 Å². The van der Waals surface area contributed by atoms with E-state index < -0.39 is 82.3 Å². The molecule has 1 amide bonds. The van der Waals surface area contributed by atoms with E-state index in [1.165, 1.54) is 24.5 Å². The molecule has 0 fully saturated rings. The van der Waals surface area contributed by atoms with Gasteiger partial charge in [0.25, 0.3) is 5.91 Å². The number of pyridine rings is 2. The summed E-state index contributed by atoms with van der Waals surface area (Å²) < 4.78 is 88.7. The van der Waals surface area contributed by atoms with Crippen LogP contribution in [0.25, 0.3) is 21.8 Å². The molecule has 0 spiro atoms. The number of para-hydroxylation sites is 2. The van der Waals surface area contributed by atoms with Crippen molar-refractivity contribution in [3.8, 4) is 11.5 Å². The molecule has 6 aromatic rings. The highest BCUT2D eigenvalue weighted by Crippen LogP contribution is 2.40. The number of hydrogen-bond acceptors (Lipinski definition) is 7. The molecule has 0 radical (unpaired) electrons. The number of carbonyl (C=O) groups excluding carboxylic acids is 1. The third-order valence-corrected chi connectivity index (χ3v) is 9.07. The molecule has 6 rings (SSSR count). The van der Waals surface area contributed by atoms with E-state index in [1.807, 2.05) is 20.8 Å². The summed E-state index contributed by atoms with van der Waals surface area (Å²) in [6, 6.07) is 15.2. The Balaban J connectivity index is 0.000000413. The van der Waals surface area contributed by atoms with Gasteiger partial charge in [0.05, 0.1) is 2.74 Å². The van der Waals surface area contributed by atoms with Gasteiger partial charge in [-0.3, -0.25) is 14.4 Å². The minimum Gasteiger partial charge on any atom is -0.508 e. The molecule has 0 atom stereocenters. The number of nitrogens with two attached hydrogens (primary N) is 1. The van der Waals surface area contributed by atoms with Crippen molar-refractivity contribution in [2.75, 3.05) is 11.1 Å². The van der Waals surface area contributed by atoms with Gasteiger partial charge < -0.3 is 36.3 Å². The lowest BCUT2D eigenvalue weighted by Gasteiger charge is -2.28. The predicted molar refractivity (Wildman–Crippen MR) is 253 cm³/mol. The van der Waals surface area contributed by atoms with Gasteiger partial charge in [0, 0.05) is 70.0 Å². The number of nitrogens with one attached hydrogen (secondary N) is 3. The van der Waals surface area contributed by atoms with Crippen molar-refractivity contribution in [2.24, 2.45) is 0 Å². The van der Waals surface area contributed by atoms with Crippen LogP contribution < -0.4 is 21.9 Å². The maximum atomic E-state index is 13.2. The molecule has 0 saturated heterocycles. The molecule has 61 heavy (non-hydrogen) atoms. The Morgan fingerprint density at radius 2 is 1.07 bits per heavy atom. The summed E-state index contributed by atoms with van der Waals surface area (Å²) in [5, 5.41) is 32.6. The molecule has 11 heteroatoms. The van der Waals surface area contributed by atoms with Crippen LogP contribution in [0.1, 0.15) is 156 Å². The number of aromatic carboxylic acids is 1. The topological polar surface area (TPSA) is 199 Å². The Morgan fingerprint density at radius 1 is 0.639 bits per heavy atom. The lowest BCUT2D eigenvalue weighted by Crippen LogP contribution is -2.25. The summed E-state index contributed by atoms with van der Waals surface area (Å²) in [4.78, 5) is 54.0. The van der Waals surface area contributed by atoms with Gasteiger partial charge in [0.1, 0.15) is 22.6 Å². The third-order valence-electron chi connectivity index (χ3n) is 9.07. The summed E-state index contributed by atoms with van der Waals surface area (Å²) >= 11 is 0. The second-order valence-corrected chi connectivity index (χ2v) is 16.8. The Labute approximate surface area is 375 Å². The Morgan fingerprint density at radius 3 is 1.52 bits per heavy atom. The van der Waals surface area contributed by atoms with Crippen molar-refractivity contribution in [2.45, 2.75) is 119 Å². The van der Waals surface area contributed by atoms with Gasteiger partial charge >= 0.3 is 5.97 Å². The first-order valence-corrected chi connectivity index (χ1v) is 18.5. The molecule has 4 aromatic carbocycles. The number of carboxylic acid groups (broad SMARTS) is 1. The number of phenols is 2. The Kier molecular flexibility index (Phi) is 11.0. The van der Waals surface area contributed by atoms with E-state index in [4.69, 9.17) is 25.9 Å². The molecular weight excluding hydrogens is 769 g/mol. The SMILES string of the molecule is C.C.O=C(O)c1c[nH]c2ccccc2c1=O.[2H]c1c(C(C)(C)C)c(O)cc(N)c1C(C)(C)C([2H])([2H])[2H].[2H]c1c(C(C)(C)C)c(O)cc(NC(=O)c2c[nH]c3ccccc3c2=O)c1C(C)(C([2H])([2H])[2H])C([2H])([2H])[2H]. The van der Waals surface area contributed by atoms with E-state index in [0.717, 1.165) is 13.0 Å². The number of benzene rings is 4. The number of aromatic amines is 2. The molecule has 11 nitrogen and oxygen atoms in total. The quantitative estimate of drug-likeness (QED) is 0.0853. The molecule has 0 unspecified atom stereocenters. The fraction of sp³-hybridized carbons (Fsp3) is 0.360. The zero-order chi connectivity index (χ0) is 53.7. The molecule has 8 N–H and O–H groups in total. The van der Waals surface area contributed by atoms with Gasteiger partial charge in [-0.15, -0.1) is 0 Å². The third kappa shape index (κ3) is 11.9. The van der Waals surface area contributed by atoms with Crippen LogP contribution in [-0.2, 0) is 21.7 Å². The first kappa shape index (κ1) is 35.4. The molecule has 328 valence electrons. The van der Waals surface area contributed by atoms with Crippen LogP contribution in [0.2, 0.25) is 0 Å². The van der Waals surface area contributed by atoms with Gasteiger partial charge in [-0.05, 0) is 80.3 Å². The minimum absolute atomic E-state index is 0. The van der Waals surface area contributed by atoms with Crippen LogP contribution in [0.15, 0.2) is 94.7 Å². The zero-order valence-electron chi connectivity index (χ0n) is 45.5. The van der Waals surface area contributed by atoms with Crippen molar-refractivity contribution < 1.29 is 40.0 Å². The molecule has 0 aliphatic rings. The fourth-order valence-corrected chi connectivity index (χ4v) is 6.10. The number of hydrogen-bond donors (Lipinski definition) is 7. The highest BCUT2D eigenvalue weighted by atomic mass is 16.4. The van der Waals surface area contributed by atoms with Crippen LogP contribution in [0.3, 0.4) is 0 Å². The summed E-state index contributed by atoms with van der Waals surface area (Å²) in [6.45, 7) is 6.18. The molecule has 0 bridgehead atoms. The number of phenolic OH excluding ortho intramolecular Hbond substituents is 2. The van der Waals surface area contributed by atoms with Crippen LogP contribution in [0.4, 0.5) is 11.4 Å². The van der Waals surface area contributed by atoms with Gasteiger partial charge in [-0.2, -0.15) is 0 Å². The smallest absolute Gasteiger partial charge is 0.341 e. The lowest BCUT2D eigenvalue weighted by molar-refractivity contribution is 0.0695. The first-order chi connectivity index (χ1) is 31.7. The summed E-state index contributed by atoms with van der Waals surface area (Å²) in [7, 11) is 0. The number of carboxylic acids is 1. The Hall–Kier alpha value is -6.36. The van der Waals surface area contributed by atoms with Crippen molar-refractivity contribution in [3.63, 3.8) is 0 Å². The number of anilines is 2. The van der Waals surface area contributed by atoms with E-state index in [0.29, 0.717) is 22.0 Å². The number of nitrogen functional groups attached to an aromatic ring is 1. The number of carbonyl (C=O) groups is 2. The highest BCUT2D eigenvalue weighted by molar-refractivity contribution is 6.06. The average molecular weight is 846 g/mol. The second-order valence-electron chi connectivity index (χ2n) is 16.8. The van der Waals surface area contributed by atoms with Crippen LogP contribution in [-0.4, -0.2) is 37.2 Å². The van der Waals surface area contributed by atoms with Gasteiger partial charge in [0.2, 0.25) is 10.9 Å². The summed E-state index contributed by atoms with van der Waals surface area (Å²) in [5.74, 6) is -2.65. The molecule has 2 aromatic heterocycles. The van der Waals surface area contributed by atoms with Crippen molar-refractivity contribution >= 4 is 45.1 Å². The highest BCUT2D eigenvalue weighted by Gasteiger charge is 2.27. The summed E-state index contributed by atoms with van der Waals surface area (Å²) in [5.41, 5.74) is 0.231. The molecule has 2 heterocycles. The van der Waals surface area contributed by atoms with E-state index in [9.17, 15) is 29.4 Å². The lowest BCUT2D eigenvalue weighted by atomic mass is 9.79. The summed E-state index contributed by atoms with van der Waals surface area (Å²) in [6.07, 6.45) is 2.41. The predicted octanol–water partition coefficient (Wildman–Crippen LogP) is 11.1. The first-order valence-electron chi connectivity index (χ1n) is 24.0. The Bertz CT molecular complexity index is 3090. The van der Waals surface area contributed by atoms with E-state index in [2.05, 4.69) is 15.3 Å². The van der Waals surface area contributed by atoms with Crippen LogP contribution in [0.5, 0.6) is 11.5 Å². The normalized spacial score (nSPS) is 14.8. The molecular formula is C50H66N4O7. The standard InChI is InChI=1S/C24H28N2O3.C14H23NO.C10H7NO3.2CH4/c1-23(2,3)16-11-17(24(4,5)6)20(27)12-19(16)26-22(29)15-13-25-18-10-8-7-9-14(18)21(15)28;1-13(2,3)9-7-10(14(4,5)6)12(16)8-11(9)15;12-9-6-3-1-2-4-8(6)11-5-7(9)10(13)14;;/h7-13,27H,1-6H3,(H,25,28)(H,26,29);7-8,16H,15H2,1-6H3;1-5H,(H,11,12)(H,13,14);2*1H4/i1D3,2D3,11D;1D3,7D;;;. The number of rotatable bonds is 3. The minimum atomic E-state index is -3.12. The molecule has 0 saturated carbocycles. The number of fused-ring (bicyclic) bond motifs is 2. The monoisotopic (exact) mass is 846 g/mol. The van der Waals surface area contributed by atoms with E-state index >= 15 is 0 Å². The van der Waals surface area contributed by atoms with E-state index in [-0.39, 0.29) is 65.7 Å². The zero-order valence-corrected chi connectivity index (χ0v) is 34.5. The van der Waals surface area contributed by atoms with Gasteiger partial charge in [-0.25, -0.2) is 4.79 Å². The second kappa shape index (κ2) is 18.9. The average Bonchev–Trinajstić information content (AvgIpc) is 3.18. The van der Waals surface area contributed by atoms with Crippen molar-refractivity contribution in [1.29, 1.82) is 0 Å². The maximum absolute atomic E-state index is 13.2. The molecule has 0 aliphatic heterocycles.